The van der Waals surface area contributed by atoms with E-state index in [1.807, 2.05) is 19.1 Å². The summed E-state index contributed by atoms with van der Waals surface area (Å²) in [5.74, 6) is 2.86. The van der Waals surface area contributed by atoms with Crippen molar-refractivity contribution >= 4 is 0 Å². The SMILES string of the molecule is Cc1ccc(CN2CCC(OCc3nc(-c4cnccn4)no3)CC2)o1. The minimum atomic E-state index is 0.205. The summed E-state index contributed by atoms with van der Waals surface area (Å²) < 4.78 is 16.8. The van der Waals surface area contributed by atoms with E-state index in [-0.39, 0.29) is 6.10 Å². The van der Waals surface area contributed by atoms with Gasteiger partial charge in [0.25, 0.3) is 5.89 Å². The molecule has 0 atom stereocenters. The molecule has 1 saturated heterocycles. The maximum absolute atomic E-state index is 5.94. The smallest absolute Gasteiger partial charge is 0.253 e. The molecule has 0 bridgehead atoms. The third-order valence-electron chi connectivity index (χ3n) is 4.41. The largest absolute Gasteiger partial charge is 0.465 e. The zero-order chi connectivity index (χ0) is 17.8. The number of ether oxygens (including phenoxy) is 1. The first-order chi connectivity index (χ1) is 12.8. The van der Waals surface area contributed by atoms with Gasteiger partial charge in [0.1, 0.15) is 23.8 Å². The van der Waals surface area contributed by atoms with Crippen LogP contribution in [0.4, 0.5) is 0 Å². The molecule has 1 aliphatic rings. The fourth-order valence-electron chi connectivity index (χ4n) is 3.05. The minimum Gasteiger partial charge on any atom is -0.465 e. The number of furan rings is 1. The number of aromatic nitrogens is 4. The van der Waals surface area contributed by atoms with Gasteiger partial charge in [-0.25, -0.2) is 4.98 Å². The van der Waals surface area contributed by atoms with Crippen molar-refractivity contribution in [3.63, 3.8) is 0 Å². The molecule has 3 aromatic heterocycles. The molecule has 0 unspecified atom stereocenters. The van der Waals surface area contributed by atoms with Crippen LogP contribution in [0.15, 0.2) is 39.7 Å². The van der Waals surface area contributed by atoms with Crippen molar-refractivity contribution in [2.75, 3.05) is 13.1 Å². The quantitative estimate of drug-likeness (QED) is 0.666. The third kappa shape index (κ3) is 4.14. The van der Waals surface area contributed by atoms with Crippen LogP contribution in [0.2, 0.25) is 0 Å². The van der Waals surface area contributed by atoms with E-state index in [4.69, 9.17) is 13.7 Å². The summed E-state index contributed by atoms with van der Waals surface area (Å²) in [4.78, 5) is 14.9. The normalized spacial score (nSPS) is 16.2. The molecule has 0 saturated carbocycles. The first kappa shape index (κ1) is 16.9. The fraction of sp³-hybridized carbons (Fsp3) is 0.444. The molecule has 4 rings (SSSR count). The molecular weight excluding hydrogens is 334 g/mol. The van der Waals surface area contributed by atoms with Gasteiger partial charge in [-0.2, -0.15) is 4.98 Å². The Labute approximate surface area is 151 Å². The van der Waals surface area contributed by atoms with Crippen molar-refractivity contribution in [3.8, 4) is 11.5 Å². The van der Waals surface area contributed by atoms with Crippen LogP contribution >= 0.6 is 0 Å². The Morgan fingerprint density at radius 3 is 2.85 bits per heavy atom. The summed E-state index contributed by atoms with van der Waals surface area (Å²) in [6.45, 7) is 5.11. The lowest BCUT2D eigenvalue weighted by molar-refractivity contribution is -0.0146. The minimum absolute atomic E-state index is 0.205. The number of nitrogens with zero attached hydrogens (tertiary/aromatic N) is 5. The molecule has 0 aromatic carbocycles. The molecule has 0 N–H and O–H groups in total. The maximum Gasteiger partial charge on any atom is 0.253 e. The van der Waals surface area contributed by atoms with Gasteiger partial charge in [0.05, 0.1) is 18.8 Å². The van der Waals surface area contributed by atoms with E-state index in [0.717, 1.165) is 44.0 Å². The van der Waals surface area contributed by atoms with Crippen molar-refractivity contribution in [1.82, 2.24) is 25.0 Å². The number of piperidine rings is 1. The third-order valence-corrected chi connectivity index (χ3v) is 4.41. The Morgan fingerprint density at radius 1 is 1.23 bits per heavy atom. The lowest BCUT2D eigenvalue weighted by atomic mass is 10.1. The average molecular weight is 355 g/mol. The standard InChI is InChI=1S/C18H21N5O3/c1-13-2-3-15(25-13)11-23-8-4-14(5-9-23)24-12-17-21-18(22-26-17)16-10-19-6-7-20-16/h2-3,6-7,10,14H,4-5,8-9,11-12H2,1H3. The van der Waals surface area contributed by atoms with Crippen molar-refractivity contribution in [1.29, 1.82) is 0 Å². The van der Waals surface area contributed by atoms with E-state index in [0.29, 0.717) is 24.0 Å². The summed E-state index contributed by atoms with van der Waals surface area (Å²) in [6, 6.07) is 4.05. The molecule has 0 aliphatic carbocycles. The number of hydrogen-bond donors (Lipinski definition) is 0. The predicted octanol–water partition coefficient (Wildman–Crippen LogP) is 2.61. The Bertz CT molecular complexity index is 824. The highest BCUT2D eigenvalue weighted by Crippen LogP contribution is 2.19. The van der Waals surface area contributed by atoms with E-state index in [9.17, 15) is 0 Å². The highest BCUT2D eigenvalue weighted by molar-refractivity contribution is 5.45. The Morgan fingerprint density at radius 2 is 2.12 bits per heavy atom. The van der Waals surface area contributed by atoms with Gasteiger partial charge in [0.2, 0.25) is 5.82 Å². The summed E-state index contributed by atoms with van der Waals surface area (Å²) >= 11 is 0. The average Bonchev–Trinajstić information content (AvgIpc) is 3.31. The first-order valence-electron chi connectivity index (χ1n) is 8.74. The Balaban J connectivity index is 1.23. The van der Waals surface area contributed by atoms with Crippen molar-refractivity contribution < 1.29 is 13.7 Å². The molecule has 4 heterocycles. The molecule has 0 spiro atoms. The Kier molecular flexibility index (Phi) is 5.03. The highest BCUT2D eigenvalue weighted by Gasteiger charge is 2.21. The molecule has 26 heavy (non-hydrogen) atoms. The van der Waals surface area contributed by atoms with Crippen LogP contribution in [0.25, 0.3) is 11.5 Å². The highest BCUT2D eigenvalue weighted by atomic mass is 16.5. The van der Waals surface area contributed by atoms with Crippen LogP contribution in [-0.4, -0.2) is 44.2 Å². The van der Waals surface area contributed by atoms with Gasteiger partial charge in [-0.3, -0.25) is 9.88 Å². The van der Waals surface area contributed by atoms with Crippen molar-refractivity contribution in [2.45, 2.75) is 39.0 Å². The van der Waals surface area contributed by atoms with Crippen LogP contribution in [0.1, 0.15) is 30.3 Å². The summed E-state index contributed by atoms with van der Waals surface area (Å²) in [7, 11) is 0. The molecule has 136 valence electrons. The van der Waals surface area contributed by atoms with E-state index >= 15 is 0 Å². The second-order valence-corrected chi connectivity index (χ2v) is 6.40. The molecule has 1 aliphatic heterocycles. The number of aryl methyl sites for hydroxylation is 1. The van der Waals surface area contributed by atoms with Gasteiger partial charge >= 0.3 is 0 Å². The van der Waals surface area contributed by atoms with Gasteiger partial charge in [-0.1, -0.05) is 5.16 Å². The van der Waals surface area contributed by atoms with Crippen LogP contribution in [0, 0.1) is 6.92 Å². The van der Waals surface area contributed by atoms with Crippen molar-refractivity contribution in [2.24, 2.45) is 0 Å². The Hall–Kier alpha value is -2.58. The van der Waals surface area contributed by atoms with Crippen LogP contribution in [0.5, 0.6) is 0 Å². The van der Waals surface area contributed by atoms with Gasteiger partial charge in [-0.05, 0) is 31.9 Å². The molecule has 0 amide bonds. The molecule has 8 heteroatoms. The lowest BCUT2D eigenvalue weighted by Gasteiger charge is -2.30. The zero-order valence-electron chi connectivity index (χ0n) is 14.7. The van der Waals surface area contributed by atoms with E-state index in [2.05, 4.69) is 25.0 Å². The predicted molar refractivity (Wildman–Crippen MR) is 91.9 cm³/mol. The van der Waals surface area contributed by atoms with Crippen LogP contribution in [-0.2, 0) is 17.9 Å². The van der Waals surface area contributed by atoms with E-state index in [1.165, 1.54) is 0 Å². The second kappa shape index (κ2) is 7.76. The maximum atomic E-state index is 5.94. The van der Waals surface area contributed by atoms with E-state index < -0.39 is 0 Å². The monoisotopic (exact) mass is 355 g/mol. The molecule has 8 nitrogen and oxygen atoms in total. The number of hydrogen-bond acceptors (Lipinski definition) is 8. The van der Waals surface area contributed by atoms with Gasteiger partial charge in [0.15, 0.2) is 0 Å². The molecule has 0 radical (unpaired) electrons. The van der Waals surface area contributed by atoms with Gasteiger partial charge < -0.3 is 13.7 Å². The van der Waals surface area contributed by atoms with Crippen molar-refractivity contribution in [3.05, 3.63) is 48.1 Å². The molecular formula is C18H21N5O3. The van der Waals surface area contributed by atoms with Crippen LogP contribution in [0.3, 0.4) is 0 Å². The van der Waals surface area contributed by atoms with E-state index in [1.54, 1.807) is 18.6 Å². The lowest BCUT2D eigenvalue weighted by Crippen LogP contribution is -2.36. The first-order valence-corrected chi connectivity index (χ1v) is 8.74. The molecule has 3 aromatic rings. The van der Waals surface area contributed by atoms with Gasteiger partial charge in [-0.15, -0.1) is 0 Å². The summed E-state index contributed by atoms with van der Waals surface area (Å²) in [6.07, 6.45) is 6.96. The zero-order valence-corrected chi connectivity index (χ0v) is 14.7. The second-order valence-electron chi connectivity index (χ2n) is 6.40. The summed E-state index contributed by atoms with van der Waals surface area (Å²) in [5, 5.41) is 3.92. The van der Waals surface area contributed by atoms with Crippen LogP contribution < -0.4 is 0 Å². The topological polar surface area (TPSA) is 90.3 Å². The van der Waals surface area contributed by atoms with Gasteiger partial charge in [0, 0.05) is 25.5 Å². The number of likely N-dealkylation sites (tertiary alicyclic amines) is 1. The summed E-state index contributed by atoms with van der Waals surface area (Å²) in [5.41, 5.74) is 0.587. The fourth-order valence-corrected chi connectivity index (χ4v) is 3.05. The number of rotatable bonds is 6. The molecule has 1 fully saturated rings.